The SMILES string of the molecule is CC1(C(=O)NC2CCCCC2)Cn2c(ccc2-c2ccco2)C(=O)N1Cc1ccco1. The Morgan fingerprint density at radius 2 is 1.81 bits per heavy atom. The zero-order chi connectivity index (χ0) is 21.4. The van der Waals surface area contributed by atoms with Gasteiger partial charge in [-0.15, -0.1) is 0 Å². The van der Waals surface area contributed by atoms with Crippen molar-refractivity contribution in [1.29, 1.82) is 0 Å². The normalized spacial score (nSPS) is 21.8. The van der Waals surface area contributed by atoms with Crippen molar-refractivity contribution in [1.82, 2.24) is 14.8 Å². The van der Waals surface area contributed by atoms with Gasteiger partial charge in [0.05, 0.1) is 31.3 Å². The van der Waals surface area contributed by atoms with Crippen molar-refractivity contribution >= 4 is 11.8 Å². The van der Waals surface area contributed by atoms with Crippen molar-refractivity contribution < 1.29 is 18.4 Å². The van der Waals surface area contributed by atoms with E-state index in [0.29, 0.717) is 23.8 Å². The molecule has 1 saturated carbocycles. The number of aromatic nitrogens is 1. The van der Waals surface area contributed by atoms with Gasteiger partial charge in [-0.1, -0.05) is 19.3 Å². The minimum absolute atomic E-state index is 0.121. The number of nitrogens with one attached hydrogen (secondary N) is 1. The lowest BCUT2D eigenvalue weighted by Crippen LogP contribution is -2.64. The predicted molar refractivity (Wildman–Crippen MR) is 114 cm³/mol. The van der Waals surface area contributed by atoms with E-state index in [-0.39, 0.29) is 24.4 Å². The molecule has 0 radical (unpaired) electrons. The van der Waals surface area contributed by atoms with E-state index in [1.54, 1.807) is 29.6 Å². The van der Waals surface area contributed by atoms with Gasteiger partial charge < -0.3 is 23.6 Å². The van der Waals surface area contributed by atoms with E-state index in [1.807, 2.05) is 35.8 Å². The minimum Gasteiger partial charge on any atom is -0.467 e. The van der Waals surface area contributed by atoms with Crippen LogP contribution in [0.15, 0.2) is 57.8 Å². The lowest BCUT2D eigenvalue weighted by molar-refractivity contribution is -0.134. The maximum atomic E-state index is 13.6. The molecule has 1 aliphatic heterocycles. The topological polar surface area (TPSA) is 80.6 Å². The van der Waals surface area contributed by atoms with Crippen LogP contribution in [0.5, 0.6) is 0 Å². The molecule has 0 aromatic carbocycles. The monoisotopic (exact) mass is 421 g/mol. The van der Waals surface area contributed by atoms with Crippen LogP contribution in [0.2, 0.25) is 0 Å². The lowest BCUT2D eigenvalue weighted by atomic mass is 9.91. The summed E-state index contributed by atoms with van der Waals surface area (Å²) in [5.41, 5.74) is 0.276. The summed E-state index contributed by atoms with van der Waals surface area (Å²) in [6, 6.07) is 11.1. The third-order valence-electron chi connectivity index (χ3n) is 6.60. The van der Waals surface area contributed by atoms with Crippen molar-refractivity contribution in [2.45, 2.75) is 63.7 Å². The van der Waals surface area contributed by atoms with Gasteiger partial charge in [-0.05, 0) is 56.2 Å². The Kier molecular flexibility index (Phi) is 4.96. The minimum atomic E-state index is -1.06. The Labute approximate surface area is 181 Å². The second-order valence-corrected chi connectivity index (χ2v) is 8.72. The molecule has 4 heterocycles. The maximum Gasteiger partial charge on any atom is 0.271 e. The van der Waals surface area contributed by atoms with Crippen molar-refractivity contribution in [2.75, 3.05) is 0 Å². The van der Waals surface area contributed by atoms with Gasteiger partial charge in [-0.3, -0.25) is 9.59 Å². The smallest absolute Gasteiger partial charge is 0.271 e. The molecule has 1 fully saturated rings. The van der Waals surface area contributed by atoms with Gasteiger partial charge in [0.2, 0.25) is 5.91 Å². The first-order chi connectivity index (χ1) is 15.1. The average Bonchev–Trinajstić information content (AvgIpc) is 3.53. The summed E-state index contributed by atoms with van der Waals surface area (Å²) >= 11 is 0. The molecule has 0 bridgehead atoms. The Morgan fingerprint density at radius 1 is 1.06 bits per heavy atom. The summed E-state index contributed by atoms with van der Waals surface area (Å²) in [5.74, 6) is 1.01. The molecule has 5 rings (SSSR count). The van der Waals surface area contributed by atoms with Gasteiger partial charge in [0, 0.05) is 6.04 Å². The fourth-order valence-electron chi connectivity index (χ4n) is 4.81. The lowest BCUT2D eigenvalue weighted by Gasteiger charge is -2.44. The molecule has 7 heteroatoms. The van der Waals surface area contributed by atoms with Crippen LogP contribution in [0.4, 0.5) is 0 Å². The van der Waals surface area contributed by atoms with Crippen LogP contribution in [0.1, 0.15) is 55.3 Å². The predicted octanol–water partition coefficient (Wildman–Crippen LogP) is 4.20. The van der Waals surface area contributed by atoms with Gasteiger partial charge in [0.15, 0.2) is 0 Å². The highest BCUT2D eigenvalue weighted by Crippen LogP contribution is 2.34. The molecule has 1 atom stereocenters. The quantitative estimate of drug-likeness (QED) is 0.669. The Balaban J connectivity index is 1.52. The fourth-order valence-corrected chi connectivity index (χ4v) is 4.81. The number of nitrogens with zero attached hydrogens (tertiary/aromatic N) is 2. The molecule has 1 N–H and O–H groups in total. The van der Waals surface area contributed by atoms with Gasteiger partial charge in [-0.25, -0.2) is 0 Å². The maximum absolute atomic E-state index is 13.6. The van der Waals surface area contributed by atoms with E-state index in [2.05, 4.69) is 5.32 Å². The number of carbonyl (C=O) groups is 2. The molecule has 3 aromatic heterocycles. The molecule has 2 amide bonds. The molecule has 2 aliphatic rings. The molecule has 162 valence electrons. The van der Waals surface area contributed by atoms with E-state index in [4.69, 9.17) is 8.83 Å². The molecule has 0 saturated heterocycles. The van der Waals surface area contributed by atoms with Crippen molar-refractivity contribution in [3.05, 3.63) is 60.4 Å². The first-order valence-electron chi connectivity index (χ1n) is 10.9. The van der Waals surface area contributed by atoms with Crippen molar-refractivity contribution in [3.8, 4) is 11.5 Å². The number of rotatable bonds is 5. The molecular weight excluding hydrogens is 394 g/mol. The number of amides is 2. The van der Waals surface area contributed by atoms with E-state index in [9.17, 15) is 9.59 Å². The highest BCUT2D eigenvalue weighted by atomic mass is 16.3. The van der Waals surface area contributed by atoms with Gasteiger partial charge in [-0.2, -0.15) is 0 Å². The zero-order valence-electron chi connectivity index (χ0n) is 17.7. The van der Waals surface area contributed by atoms with Crippen LogP contribution in [0.3, 0.4) is 0 Å². The molecule has 0 spiro atoms. The van der Waals surface area contributed by atoms with Crippen LogP contribution < -0.4 is 5.32 Å². The third-order valence-corrected chi connectivity index (χ3v) is 6.60. The first kappa shape index (κ1) is 19.7. The van der Waals surface area contributed by atoms with Crippen molar-refractivity contribution in [3.63, 3.8) is 0 Å². The first-order valence-corrected chi connectivity index (χ1v) is 10.9. The largest absolute Gasteiger partial charge is 0.467 e. The second-order valence-electron chi connectivity index (χ2n) is 8.72. The van der Waals surface area contributed by atoms with Crippen LogP contribution in [-0.2, 0) is 17.9 Å². The second kappa shape index (κ2) is 7.80. The van der Waals surface area contributed by atoms with Crippen LogP contribution >= 0.6 is 0 Å². The molecule has 3 aromatic rings. The Hall–Kier alpha value is -3.22. The van der Waals surface area contributed by atoms with E-state index < -0.39 is 5.54 Å². The Bertz CT molecular complexity index is 1060. The Morgan fingerprint density at radius 3 is 2.52 bits per heavy atom. The number of hydrogen-bond acceptors (Lipinski definition) is 4. The number of fused-ring (bicyclic) bond motifs is 1. The van der Waals surface area contributed by atoms with Gasteiger partial charge in [0.1, 0.15) is 22.8 Å². The number of hydrogen-bond donors (Lipinski definition) is 1. The van der Waals surface area contributed by atoms with Crippen LogP contribution in [-0.4, -0.2) is 32.9 Å². The summed E-state index contributed by atoms with van der Waals surface area (Å²) < 4.78 is 13.0. The van der Waals surface area contributed by atoms with E-state index in [0.717, 1.165) is 31.4 Å². The van der Waals surface area contributed by atoms with Crippen LogP contribution in [0.25, 0.3) is 11.5 Å². The van der Waals surface area contributed by atoms with Crippen molar-refractivity contribution in [2.24, 2.45) is 0 Å². The average molecular weight is 421 g/mol. The van der Waals surface area contributed by atoms with E-state index in [1.165, 1.54) is 6.42 Å². The summed E-state index contributed by atoms with van der Waals surface area (Å²) in [4.78, 5) is 28.9. The molecular formula is C24H27N3O4. The molecule has 1 unspecified atom stereocenters. The van der Waals surface area contributed by atoms with Gasteiger partial charge in [0.25, 0.3) is 5.91 Å². The molecule has 1 aliphatic carbocycles. The van der Waals surface area contributed by atoms with Crippen LogP contribution in [0, 0.1) is 0 Å². The van der Waals surface area contributed by atoms with E-state index >= 15 is 0 Å². The highest BCUT2D eigenvalue weighted by Gasteiger charge is 2.48. The standard InChI is InChI=1S/C24H27N3O4/c1-24(23(29)25-17-7-3-2-4-8-17)16-26-19(21-10-6-14-31-21)11-12-20(26)22(28)27(24)15-18-9-5-13-30-18/h5-6,9-14,17H,2-4,7-8,15-16H2,1H3,(H,25,29). The highest BCUT2D eigenvalue weighted by molar-refractivity contribution is 6.00. The molecule has 31 heavy (non-hydrogen) atoms. The van der Waals surface area contributed by atoms with Gasteiger partial charge >= 0.3 is 0 Å². The summed E-state index contributed by atoms with van der Waals surface area (Å²) in [5, 5.41) is 3.24. The third kappa shape index (κ3) is 3.48. The summed E-state index contributed by atoms with van der Waals surface area (Å²) in [6.07, 6.45) is 8.63. The summed E-state index contributed by atoms with van der Waals surface area (Å²) in [7, 11) is 0. The fraction of sp³-hybridized carbons (Fsp3) is 0.417. The number of furan rings is 2. The molecule has 7 nitrogen and oxygen atoms in total. The zero-order valence-corrected chi connectivity index (χ0v) is 17.7. The summed E-state index contributed by atoms with van der Waals surface area (Å²) in [6.45, 7) is 2.43. The number of carbonyl (C=O) groups excluding carboxylic acids is 2.